The van der Waals surface area contributed by atoms with Gasteiger partial charge in [-0.1, -0.05) is 24.6 Å². The van der Waals surface area contributed by atoms with Crippen LogP contribution in [0.2, 0.25) is 0 Å². The van der Waals surface area contributed by atoms with Crippen molar-refractivity contribution >= 4 is 17.6 Å². The zero-order valence-corrected chi connectivity index (χ0v) is 10.4. The summed E-state index contributed by atoms with van der Waals surface area (Å²) in [5.74, 6) is -1.70. The Labute approximate surface area is 110 Å². The Morgan fingerprint density at radius 3 is 2.84 bits per heavy atom. The lowest BCUT2D eigenvalue weighted by Crippen LogP contribution is -2.38. The van der Waals surface area contributed by atoms with Crippen LogP contribution in [0.4, 0.5) is 0 Å². The van der Waals surface area contributed by atoms with Gasteiger partial charge in [-0.3, -0.25) is 19.7 Å². The first kappa shape index (κ1) is 10.9. The maximum Gasteiger partial charge on any atom is 0.238 e. The van der Waals surface area contributed by atoms with Crippen LogP contribution in [0.5, 0.6) is 0 Å². The quantitative estimate of drug-likeness (QED) is 0.558. The zero-order valence-electron chi connectivity index (χ0n) is 10.4. The van der Waals surface area contributed by atoms with Crippen molar-refractivity contribution in [2.75, 3.05) is 0 Å². The van der Waals surface area contributed by atoms with E-state index < -0.39 is 17.2 Å². The van der Waals surface area contributed by atoms with E-state index in [4.69, 9.17) is 0 Å². The van der Waals surface area contributed by atoms with Crippen molar-refractivity contribution in [1.29, 1.82) is 0 Å². The van der Waals surface area contributed by atoms with Gasteiger partial charge in [-0.2, -0.15) is 0 Å². The molecular weight excluding hydrogens is 242 g/mol. The lowest BCUT2D eigenvalue weighted by molar-refractivity contribution is -0.126. The SMILES string of the molecule is O=C1NC(=O)[C@@]23CCCCc4cccc(c42)C(=O)[C@@H]13. The molecule has 1 saturated heterocycles. The maximum absolute atomic E-state index is 12.5. The van der Waals surface area contributed by atoms with Gasteiger partial charge in [0.25, 0.3) is 0 Å². The summed E-state index contributed by atoms with van der Waals surface area (Å²) in [7, 11) is 0. The number of rotatable bonds is 0. The van der Waals surface area contributed by atoms with E-state index in [0.29, 0.717) is 12.0 Å². The third-order valence-electron chi connectivity index (χ3n) is 4.79. The van der Waals surface area contributed by atoms with E-state index in [1.807, 2.05) is 12.1 Å². The van der Waals surface area contributed by atoms with Gasteiger partial charge in [-0.25, -0.2) is 0 Å². The second-order valence-electron chi connectivity index (χ2n) is 5.63. The largest absolute Gasteiger partial charge is 0.295 e. The molecule has 4 heteroatoms. The van der Waals surface area contributed by atoms with E-state index in [0.717, 1.165) is 30.4 Å². The van der Waals surface area contributed by atoms with Crippen LogP contribution in [0.25, 0.3) is 0 Å². The molecule has 0 saturated carbocycles. The van der Waals surface area contributed by atoms with Crippen LogP contribution in [-0.4, -0.2) is 17.6 Å². The zero-order chi connectivity index (χ0) is 13.2. The lowest BCUT2D eigenvalue weighted by Gasteiger charge is -2.25. The number of carbonyl (C=O) groups excluding carboxylic acids is 3. The Balaban J connectivity index is 2.10. The Bertz CT molecular complexity index is 649. The van der Waals surface area contributed by atoms with Gasteiger partial charge in [-0.15, -0.1) is 0 Å². The summed E-state index contributed by atoms with van der Waals surface area (Å²) < 4.78 is 0. The molecule has 96 valence electrons. The van der Waals surface area contributed by atoms with Crippen LogP contribution >= 0.6 is 0 Å². The second-order valence-corrected chi connectivity index (χ2v) is 5.63. The van der Waals surface area contributed by atoms with Gasteiger partial charge in [0.2, 0.25) is 11.8 Å². The first-order valence-corrected chi connectivity index (χ1v) is 6.68. The Morgan fingerprint density at radius 2 is 2.00 bits per heavy atom. The molecule has 1 heterocycles. The molecular formula is C15H13NO3. The van der Waals surface area contributed by atoms with Crippen LogP contribution in [-0.2, 0) is 21.4 Å². The minimum Gasteiger partial charge on any atom is -0.295 e. The van der Waals surface area contributed by atoms with Crippen molar-refractivity contribution in [2.24, 2.45) is 5.92 Å². The Morgan fingerprint density at radius 1 is 1.16 bits per heavy atom. The highest BCUT2D eigenvalue weighted by atomic mass is 16.2. The highest BCUT2D eigenvalue weighted by Crippen LogP contribution is 2.52. The highest BCUT2D eigenvalue weighted by Gasteiger charge is 2.65. The number of Topliss-reactive ketones (excluding diaryl/α,β-unsaturated/α-hetero) is 1. The summed E-state index contributed by atoms with van der Waals surface area (Å²) in [5.41, 5.74) is 1.59. The highest BCUT2D eigenvalue weighted by molar-refractivity contribution is 6.27. The van der Waals surface area contributed by atoms with E-state index in [9.17, 15) is 14.4 Å². The molecule has 0 aromatic heterocycles. The van der Waals surface area contributed by atoms with E-state index in [-0.39, 0.29) is 11.7 Å². The minimum atomic E-state index is -0.906. The van der Waals surface area contributed by atoms with Gasteiger partial charge >= 0.3 is 0 Å². The Hall–Kier alpha value is -1.97. The third-order valence-corrected chi connectivity index (χ3v) is 4.79. The molecule has 1 aromatic rings. The number of aryl methyl sites for hydroxylation is 1. The summed E-state index contributed by atoms with van der Waals surface area (Å²) >= 11 is 0. The number of imide groups is 1. The molecule has 4 rings (SSSR count). The van der Waals surface area contributed by atoms with Crippen molar-refractivity contribution in [3.63, 3.8) is 0 Å². The molecule has 2 aliphatic carbocycles. The number of benzene rings is 1. The molecule has 0 bridgehead atoms. The minimum absolute atomic E-state index is 0.179. The summed E-state index contributed by atoms with van der Waals surface area (Å²) in [5, 5.41) is 2.37. The molecule has 19 heavy (non-hydrogen) atoms. The van der Waals surface area contributed by atoms with Gasteiger partial charge in [0.05, 0.1) is 5.41 Å². The molecule has 0 unspecified atom stereocenters. The number of ketones is 1. The van der Waals surface area contributed by atoms with Crippen molar-refractivity contribution in [2.45, 2.75) is 31.1 Å². The number of hydrogen-bond acceptors (Lipinski definition) is 3. The van der Waals surface area contributed by atoms with E-state index >= 15 is 0 Å². The van der Waals surface area contributed by atoms with Crippen LogP contribution in [0.15, 0.2) is 18.2 Å². The fourth-order valence-corrected chi connectivity index (χ4v) is 4.05. The number of carbonyl (C=O) groups is 3. The van der Waals surface area contributed by atoms with Gasteiger partial charge in [0.15, 0.2) is 5.78 Å². The van der Waals surface area contributed by atoms with Gasteiger partial charge in [0, 0.05) is 5.56 Å². The molecule has 0 radical (unpaired) electrons. The standard InChI is InChI=1S/C15H13NO3/c17-12-9-6-3-5-8-4-1-2-7-15(10(8)9)11(12)13(18)16-14(15)19/h3,5-6,11H,1-2,4,7H2,(H,16,18,19)/t11-,15-/m0/s1. The van der Waals surface area contributed by atoms with Crippen molar-refractivity contribution in [3.05, 3.63) is 34.9 Å². The maximum atomic E-state index is 12.5. The van der Waals surface area contributed by atoms with Gasteiger partial charge < -0.3 is 0 Å². The molecule has 1 fully saturated rings. The van der Waals surface area contributed by atoms with Gasteiger partial charge in [-0.05, 0) is 30.4 Å². The van der Waals surface area contributed by atoms with Crippen LogP contribution < -0.4 is 5.32 Å². The van der Waals surface area contributed by atoms with E-state index in [1.54, 1.807) is 6.07 Å². The molecule has 1 aromatic carbocycles. The molecule has 2 amide bonds. The monoisotopic (exact) mass is 255 g/mol. The average Bonchev–Trinajstić information content (AvgIpc) is 2.69. The fraction of sp³-hybridized carbons (Fsp3) is 0.400. The van der Waals surface area contributed by atoms with Crippen molar-refractivity contribution in [3.8, 4) is 0 Å². The molecule has 4 nitrogen and oxygen atoms in total. The van der Waals surface area contributed by atoms with E-state index in [2.05, 4.69) is 5.32 Å². The van der Waals surface area contributed by atoms with Crippen LogP contribution in [0.1, 0.15) is 40.7 Å². The van der Waals surface area contributed by atoms with E-state index in [1.165, 1.54) is 0 Å². The third kappa shape index (κ3) is 1.08. The Kier molecular flexibility index (Phi) is 1.91. The predicted octanol–water partition coefficient (Wildman–Crippen LogP) is 1.12. The predicted molar refractivity (Wildman–Crippen MR) is 66.6 cm³/mol. The summed E-state index contributed by atoms with van der Waals surface area (Å²) in [6, 6.07) is 5.60. The molecule has 1 aliphatic heterocycles. The smallest absolute Gasteiger partial charge is 0.238 e. The first-order valence-electron chi connectivity index (χ1n) is 6.68. The molecule has 3 aliphatic rings. The van der Waals surface area contributed by atoms with Gasteiger partial charge in [0.1, 0.15) is 5.92 Å². The average molecular weight is 255 g/mol. The first-order chi connectivity index (χ1) is 9.16. The summed E-state index contributed by atoms with van der Waals surface area (Å²) in [6.45, 7) is 0. The van der Waals surface area contributed by atoms with Crippen molar-refractivity contribution in [1.82, 2.24) is 5.32 Å². The normalized spacial score (nSPS) is 31.8. The number of amides is 2. The fourth-order valence-electron chi connectivity index (χ4n) is 4.05. The molecule has 1 N–H and O–H groups in total. The molecule has 2 atom stereocenters. The van der Waals surface area contributed by atoms with Crippen LogP contribution in [0.3, 0.4) is 0 Å². The van der Waals surface area contributed by atoms with Crippen LogP contribution in [0, 0.1) is 5.92 Å². The lowest BCUT2D eigenvalue weighted by atomic mass is 9.72. The molecule has 1 spiro atoms. The second kappa shape index (κ2) is 3.32. The number of nitrogens with one attached hydrogen (secondary N) is 1. The topological polar surface area (TPSA) is 63.2 Å². The summed E-state index contributed by atoms with van der Waals surface area (Å²) in [4.78, 5) is 36.9. The van der Waals surface area contributed by atoms with Crippen molar-refractivity contribution < 1.29 is 14.4 Å². The summed E-state index contributed by atoms with van der Waals surface area (Å²) in [6.07, 6.45) is 3.36. The number of hydrogen-bond donors (Lipinski definition) is 1.